The quantitative estimate of drug-likeness (QED) is 0.491. The second kappa shape index (κ2) is 8.35. The Morgan fingerprint density at radius 2 is 1.89 bits per heavy atom. The van der Waals surface area contributed by atoms with Crippen molar-refractivity contribution in [3.8, 4) is 5.75 Å². The van der Waals surface area contributed by atoms with E-state index < -0.39 is 5.91 Å². The number of aryl methyl sites for hydroxylation is 2. The molecule has 7 nitrogen and oxygen atoms in total. The Hall–Kier alpha value is -3.00. The Balaban J connectivity index is 1.18. The molecule has 2 aromatic carbocycles. The summed E-state index contributed by atoms with van der Waals surface area (Å²) in [5.74, 6) is -0.0637. The first-order valence-corrected chi connectivity index (χ1v) is 9.96. The van der Waals surface area contributed by atoms with Crippen molar-refractivity contribution in [2.24, 2.45) is 0 Å². The number of hydrogen-bond donors (Lipinski definition) is 2. The predicted molar refractivity (Wildman–Crippen MR) is 105 cm³/mol. The lowest BCUT2D eigenvalue weighted by molar-refractivity contribution is -0.128. The number of nitrogens with one attached hydrogen (secondary N) is 2. The number of oxazole rings is 1. The molecule has 2 amide bonds. The third-order valence-electron chi connectivity index (χ3n) is 4.38. The summed E-state index contributed by atoms with van der Waals surface area (Å²) in [6.07, 6.45) is 3.31. The van der Waals surface area contributed by atoms with Crippen molar-refractivity contribution in [1.82, 2.24) is 15.8 Å². The maximum absolute atomic E-state index is 11.9. The number of benzene rings is 2. The maximum Gasteiger partial charge on any atom is 0.276 e. The second-order valence-electron chi connectivity index (χ2n) is 6.41. The average molecular weight is 397 g/mol. The minimum absolute atomic E-state index is 0.0682. The van der Waals surface area contributed by atoms with Crippen LogP contribution in [0.4, 0.5) is 0 Å². The van der Waals surface area contributed by atoms with Crippen LogP contribution in [0.3, 0.4) is 0 Å². The van der Waals surface area contributed by atoms with Gasteiger partial charge in [-0.2, -0.15) is 0 Å². The monoisotopic (exact) mass is 397 g/mol. The molecule has 0 unspecified atom stereocenters. The number of nitrogens with zero attached hydrogens (tertiary/aromatic N) is 1. The largest absolute Gasteiger partial charge is 0.484 e. The number of rotatable bonds is 6. The zero-order valence-corrected chi connectivity index (χ0v) is 15.9. The topological polar surface area (TPSA) is 93.5 Å². The van der Waals surface area contributed by atoms with Crippen molar-refractivity contribution >= 4 is 34.7 Å². The Morgan fingerprint density at radius 3 is 2.79 bits per heavy atom. The van der Waals surface area contributed by atoms with Gasteiger partial charge in [-0.05, 0) is 54.7 Å². The fourth-order valence-corrected chi connectivity index (χ4v) is 3.68. The molecule has 1 aliphatic rings. The van der Waals surface area contributed by atoms with E-state index in [9.17, 15) is 9.59 Å². The number of amides is 2. The number of para-hydroxylation sites is 2. The van der Waals surface area contributed by atoms with Crippen LogP contribution in [0.15, 0.2) is 52.1 Å². The molecule has 1 heterocycles. The summed E-state index contributed by atoms with van der Waals surface area (Å²) in [5.41, 5.74) is 8.73. The molecule has 0 fully saturated rings. The molecule has 144 valence electrons. The molecule has 2 N–H and O–H groups in total. The highest BCUT2D eigenvalue weighted by Crippen LogP contribution is 2.26. The Kier molecular flexibility index (Phi) is 5.48. The molecule has 1 aromatic heterocycles. The Morgan fingerprint density at radius 1 is 1.07 bits per heavy atom. The van der Waals surface area contributed by atoms with Crippen LogP contribution in [0.25, 0.3) is 11.1 Å². The van der Waals surface area contributed by atoms with Gasteiger partial charge in [-0.25, -0.2) is 4.98 Å². The van der Waals surface area contributed by atoms with E-state index in [0.717, 1.165) is 36.5 Å². The van der Waals surface area contributed by atoms with E-state index in [1.54, 1.807) is 0 Å². The third kappa shape index (κ3) is 4.45. The summed E-state index contributed by atoms with van der Waals surface area (Å²) >= 11 is 1.16. The fraction of sp³-hybridized carbons (Fsp3) is 0.250. The molecular formula is C20H19N3O4S. The van der Waals surface area contributed by atoms with Crippen LogP contribution in [0.5, 0.6) is 5.75 Å². The van der Waals surface area contributed by atoms with E-state index in [1.807, 2.05) is 42.5 Å². The highest BCUT2D eigenvalue weighted by Gasteiger charge is 2.13. The highest BCUT2D eigenvalue weighted by atomic mass is 32.2. The van der Waals surface area contributed by atoms with Gasteiger partial charge >= 0.3 is 0 Å². The molecule has 0 atom stereocenters. The number of carbonyl (C=O) groups excluding carboxylic acids is 2. The van der Waals surface area contributed by atoms with Gasteiger partial charge in [-0.15, -0.1) is 0 Å². The van der Waals surface area contributed by atoms with Crippen LogP contribution < -0.4 is 15.6 Å². The fourth-order valence-electron chi connectivity index (χ4n) is 3.04. The summed E-state index contributed by atoms with van der Waals surface area (Å²) < 4.78 is 11.0. The van der Waals surface area contributed by atoms with E-state index in [0.29, 0.717) is 16.6 Å². The van der Waals surface area contributed by atoms with Gasteiger partial charge in [0, 0.05) is 0 Å². The van der Waals surface area contributed by atoms with E-state index in [-0.39, 0.29) is 18.3 Å². The third-order valence-corrected chi connectivity index (χ3v) is 5.21. The Labute approximate surface area is 165 Å². The molecular weight excluding hydrogens is 378 g/mol. The number of thioether (sulfide) groups is 1. The van der Waals surface area contributed by atoms with E-state index in [2.05, 4.69) is 15.8 Å². The van der Waals surface area contributed by atoms with Gasteiger partial charge in [0.25, 0.3) is 11.1 Å². The van der Waals surface area contributed by atoms with Gasteiger partial charge in [0.1, 0.15) is 11.3 Å². The lowest BCUT2D eigenvalue weighted by Gasteiger charge is -2.09. The van der Waals surface area contributed by atoms with E-state index >= 15 is 0 Å². The van der Waals surface area contributed by atoms with Crippen molar-refractivity contribution in [3.05, 3.63) is 53.6 Å². The van der Waals surface area contributed by atoms with Gasteiger partial charge in [-0.1, -0.05) is 30.0 Å². The van der Waals surface area contributed by atoms with Crippen LogP contribution in [-0.4, -0.2) is 29.2 Å². The van der Waals surface area contributed by atoms with E-state index in [4.69, 9.17) is 9.15 Å². The standard InChI is InChI=1S/C20H19N3O4S/c24-18(11-26-15-9-8-13-4-3-5-14(13)10-15)22-23-19(25)12-28-20-21-16-6-1-2-7-17(16)27-20/h1-2,6-10H,3-5,11-12H2,(H,22,24)(H,23,25). The SMILES string of the molecule is O=C(COc1ccc2c(c1)CCC2)NNC(=O)CSc1nc2ccccc2o1. The first-order valence-electron chi connectivity index (χ1n) is 8.98. The van der Waals surface area contributed by atoms with Gasteiger partial charge in [-0.3, -0.25) is 20.4 Å². The van der Waals surface area contributed by atoms with Crippen molar-refractivity contribution in [1.29, 1.82) is 0 Å². The molecule has 4 rings (SSSR count). The van der Waals surface area contributed by atoms with Crippen LogP contribution >= 0.6 is 11.8 Å². The van der Waals surface area contributed by atoms with Crippen molar-refractivity contribution in [2.75, 3.05) is 12.4 Å². The Bertz CT molecular complexity index is 985. The lowest BCUT2D eigenvalue weighted by atomic mass is 10.1. The van der Waals surface area contributed by atoms with Gasteiger partial charge in [0.2, 0.25) is 5.91 Å². The number of hydrogen-bond acceptors (Lipinski definition) is 6. The van der Waals surface area contributed by atoms with E-state index in [1.165, 1.54) is 11.1 Å². The number of aromatic nitrogens is 1. The molecule has 8 heteroatoms. The highest BCUT2D eigenvalue weighted by molar-refractivity contribution is 7.99. The number of fused-ring (bicyclic) bond motifs is 2. The molecule has 0 saturated heterocycles. The van der Waals surface area contributed by atoms with Crippen LogP contribution in [0.1, 0.15) is 17.5 Å². The summed E-state index contributed by atoms with van der Waals surface area (Å²) in [6, 6.07) is 13.3. The van der Waals surface area contributed by atoms with Gasteiger partial charge in [0.05, 0.1) is 5.75 Å². The molecule has 0 bridgehead atoms. The number of ether oxygens (including phenoxy) is 1. The van der Waals surface area contributed by atoms with Gasteiger partial charge < -0.3 is 9.15 Å². The van der Waals surface area contributed by atoms with Gasteiger partial charge in [0.15, 0.2) is 12.2 Å². The summed E-state index contributed by atoms with van der Waals surface area (Å²) in [5, 5.41) is 0.405. The predicted octanol–water partition coefficient (Wildman–Crippen LogP) is 2.64. The first-order chi connectivity index (χ1) is 13.7. The molecule has 0 spiro atoms. The normalized spacial score (nSPS) is 12.6. The smallest absolute Gasteiger partial charge is 0.276 e. The molecule has 0 radical (unpaired) electrons. The molecule has 28 heavy (non-hydrogen) atoms. The summed E-state index contributed by atoms with van der Waals surface area (Å²) in [4.78, 5) is 28.0. The van der Waals surface area contributed by atoms with Crippen LogP contribution in [0.2, 0.25) is 0 Å². The van der Waals surface area contributed by atoms with Crippen molar-refractivity contribution in [3.63, 3.8) is 0 Å². The van der Waals surface area contributed by atoms with Crippen molar-refractivity contribution < 1.29 is 18.7 Å². The first kappa shape index (κ1) is 18.4. The number of hydrazine groups is 1. The average Bonchev–Trinajstić information content (AvgIpc) is 3.34. The minimum Gasteiger partial charge on any atom is -0.484 e. The molecule has 1 aliphatic carbocycles. The molecule has 3 aromatic rings. The summed E-state index contributed by atoms with van der Waals surface area (Å²) in [6.45, 7) is -0.169. The zero-order chi connectivity index (χ0) is 19.3. The minimum atomic E-state index is -0.430. The number of carbonyl (C=O) groups is 2. The van der Waals surface area contributed by atoms with Crippen LogP contribution in [-0.2, 0) is 22.4 Å². The lowest BCUT2D eigenvalue weighted by Crippen LogP contribution is -2.44. The van der Waals surface area contributed by atoms with Crippen molar-refractivity contribution in [2.45, 2.75) is 24.5 Å². The second-order valence-corrected chi connectivity index (χ2v) is 7.33. The zero-order valence-electron chi connectivity index (χ0n) is 15.1. The maximum atomic E-state index is 11.9. The molecule has 0 aliphatic heterocycles. The van der Waals surface area contributed by atoms with Crippen LogP contribution in [0, 0.1) is 0 Å². The molecule has 0 saturated carbocycles. The summed E-state index contributed by atoms with van der Waals surface area (Å²) in [7, 11) is 0.